The average molecular weight is 483 g/mol. The Bertz CT molecular complexity index is 1370. The third-order valence-electron chi connectivity index (χ3n) is 5.64. The lowest BCUT2D eigenvalue weighted by Gasteiger charge is -2.15. The molecule has 4 N–H and O–H groups in total. The lowest BCUT2D eigenvalue weighted by atomic mass is 9.96. The molecule has 35 heavy (non-hydrogen) atoms. The maximum Gasteiger partial charge on any atom is 0.239 e. The second kappa shape index (κ2) is 10.6. The number of hydrogen-bond donors (Lipinski definition) is 4. The van der Waals surface area contributed by atoms with Crippen LogP contribution in [0.5, 0.6) is 28.7 Å². The lowest BCUT2D eigenvalue weighted by Crippen LogP contribution is -2.08. The summed E-state index contributed by atoms with van der Waals surface area (Å²) in [6, 6.07) is 4.58. The molecular weight excluding hydrogens is 452 g/mol. The predicted octanol–water partition coefficient (Wildman–Crippen LogP) is 4.58. The molecule has 8 heteroatoms. The monoisotopic (exact) mass is 482 g/mol. The fraction of sp³-hybridized carbons (Fsp3) is 0.296. The summed E-state index contributed by atoms with van der Waals surface area (Å²) in [5, 5.41) is 40.8. The standard InChI is InChI=1S/C27H30O8/c1-14(2)6-8-16-10-18(11-17(22(16)30)9-7-15(3)13-28)25-27(34-5)24(32)21-20(35-25)12-19(29)26(33-4)23(21)31/h6-7,10-12,28-31H,8-9,13H2,1-5H3. The zero-order valence-electron chi connectivity index (χ0n) is 20.4. The Morgan fingerprint density at radius 1 is 0.914 bits per heavy atom. The van der Waals surface area contributed by atoms with E-state index in [1.54, 1.807) is 25.1 Å². The molecule has 0 fully saturated rings. The third kappa shape index (κ3) is 5.12. The Balaban J connectivity index is 2.34. The van der Waals surface area contributed by atoms with Crippen LogP contribution in [0.15, 0.2) is 50.7 Å². The number of benzene rings is 2. The van der Waals surface area contributed by atoms with Crippen LogP contribution in [0.25, 0.3) is 22.3 Å². The van der Waals surface area contributed by atoms with Crippen LogP contribution in [-0.4, -0.2) is 41.3 Å². The maximum atomic E-state index is 13.3. The fourth-order valence-electron chi connectivity index (χ4n) is 3.73. The molecule has 0 radical (unpaired) electrons. The van der Waals surface area contributed by atoms with Gasteiger partial charge >= 0.3 is 0 Å². The molecular formula is C27H30O8. The number of phenols is 3. The minimum atomic E-state index is -0.643. The molecule has 1 aromatic heterocycles. The van der Waals surface area contributed by atoms with E-state index < -0.39 is 16.9 Å². The summed E-state index contributed by atoms with van der Waals surface area (Å²) in [6.45, 7) is 5.58. The Morgan fingerprint density at radius 2 is 1.51 bits per heavy atom. The molecule has 8 nitrogen and oxygen atoms in total. The lowest BCUT2D eigenvalue weighted by molar-refractivity contribution is 0.331. The number of aliphatic hydroxyl groups is 1. The molecule has 3 rings (SSSR count). The predicted molar refractivity (Wildman–Crippen MR) is 134 cm³/mol. The van der Waals surface area contributed by atoms with Gasteiger partial charge < -0.3 is 34.3 Å². The summed E-state index contributed by atoms with van der Waals surface area (Å²) >= 11 is 0. The van der Waals surface area contributed by atoms with Crippen LogP contribution >= 0.6 is 0 Å². The third-order valence-corrected chi connectivity index (χ3v) is 5.64. The number of allylic oxidation sites excluding steroid dienone is 3. The Hall–Kier alpha value is -3.91. The van der Waals surface area contributed by atoms with Crippen molar-refractivity contribution < 1.29 is 34.3 Å². The average Bonchev–Trinajstić information content (AvgIpc) is 2.82. The molecule has 0 aliphatic heterocycles. The number of methoxy groups -OCH3 is 2. The quantitative estimate of drug-likeness (QED) is 0.343. The Labute approximate surface area is 203 Å². The van der Waals surface area contributed by atoms with Crippen molar-refractivity contribution in [1.82, 2.24) is 0 Å². The molecule has 0 bridgehead atoms. The van der Waals surface area contributed by atoms with Gasteiger partial charge in [0.15, 0.2) is 17.3 Å². The number of aliphatic hydroxyl groups excluding tert-OH is 1. The molecule has 2 aromatic carbocycles. The van der Waals surface area contributed by atoms with E-state index in [4.69, 9.17) is 13.9 Å². The van der Waals surface area contributed by atoms with Crippen molar-refractivity contribution in [2.24, 2.45) is 0 Å². The number of hydrogen-bond acceptors (Lipinski definition) is 8. The van der Waals surface area contributed by atoms with E-state index in [9.17, 15) is 25.2 Å². The molecule has 3 aromatic rings. The van der Waals surface area contributed by atoms with Gasteiger partial charge in [0.2, 0.25) is 16.9 Å². The second-order valence-electron chi connectivity index (χ2n) is 8.49. The van der Waals surface area contributed by atoms with E-state index in [2.05, 4.69) is 0 Å². The van der Waals surface area contributed by atoms with Crippen LogP contribution in [-0.2, 0) is 12.8 Å². The maximum absolute atomic E-state index is 13.3. The summed E-state index contributed by atoms with van der Waals surface area (Å²) < 4.78 is 16.4. The molecule has 186 valence electrons. The summed E-state index contributed by atoms with van der Waals surface area (Å²) in [5.41, 5.74) is 2.76. The largest absolute Gasteiger partial charge is 0.507 e. The van der Waals surface area contributed by atoms with Crippen molar-refractivity contribution in [2.45, 2.75) is 33.6 Å². The van der Waals surface area contributed by atoms with Gasteiger partial charge in [0.1, 0.15) is 16.7 Å². The minimum Gasteiger partial charge on any atom is -0.507 e. The molecule has 0 aliphatic rings. The van der Waals surface area contributed by atoms with Gasteiger partial charge in [0, 0.05) is 11.6 Å². The highest BCUT2D eigenvalue weighted by atomic mass is 16.5. The van der Waals surface area contributed by atoms with Crippen molar-refractivity contribution in [3.8, 4) is 40.1 Å². The summed E-state index contributed by atoms with van der Waals surface area (Å²) in [5.74, 6) is -1.15. The van der Waals surface area contributed by atoms with Gasteiger partial charge in [-0.05, 0) is 56.9 Å². The highest BCUT2D eigenvalue weighted by Gasteiger charge is 2.24. The van der Waals surface area contributed by atoms with Crippen molar-refractivity contribution in [3.63, 3.8) is 0 Å². The number of aromatic hydroxyl groups is 3. The van der Waals surface area contributed by atoms with Crippen LogP contribution in [0, 0.1) is 0 Å². The highest BCUT2D eigenvalue weighted by Crippen LogP contribution is 2.44. The van der Waals surface area contributed by atoms with Crippen LogP contribution in [0.2, 0.25) is 0 Å². The van der Waals surface area contributed by atoms with Gasteiger partial charge in [-0.3, -0.25) is 4.79 Å². The molecule has 0 saturated carbocycles. The first-order valence-electron chi connectivity index (χ1n) is 11.0. The highest BCUT2D eigenvalue weighted by molar-refractivity contribution is 5.91. The molecule has 0 amide bonds. The van der Waals surface area contributed by atoms with E-state index in [0.29, 0.717) is 29.5 Å². The molecule has 0 saturated heterocycles. The summed E-state index contributed by atoms with van der Waals surface area (Å²) in [7, 11) is 2.57. The first-order chi connectivity index (χ1) is 16.6. The molecule has 0 atom stereocenters. The minimum absolute atomic E-state index is 0.0573. The van der Waals surface area contributed by atoms with Gasteiger partial charge in [-0.2, -0.15) is 0 Å². The van der Waals surface area contributed by atoms with Crippen molar-refractivity contribution >= 4 is 11.0 Å². The number of ether oxygens (including phenoxy) is 2. The topological polar surface area (TPSA) is 130 Å². The van der Waals surface area contributed by atoms with E-state index in [1.165, 1.54) is 20.3 Å². The van der Waals surface area contributed by atoms with Crippen molar-refractivity contribution in [2.75, 3.05) is 20.8 Å². The van der Waals surface area contributed by atoms with Crippen molar-refractivity contribution in [3.05, 3.63) is 62.8 Å². The molecule has 1 heterocycles. The van der Waals surface area contributed by atoms with E-state index in [0.717, 1.165) is 11.1 Å². The van der Waals surface area contributed by atoms with Gasteiger partial charge in [0.05, 0.1) is 20.8 Å². The fourth-order valence-corrected chi connectivity index (χ4v) is 3.73. The smallest absolute Gasteiger partial charge is 0.239 e. The van der Waals surface area contributed by atoms with Gasteiger partial charge in [-0.15, -0.1) is 0 Å². The Morgan fingerprint density at radius 3 is 2.06 bits per heavy atom. The van der Waals surface area contributed by atoms with Crippen LogP contribution in [0.3, 0.4) is 0 Å². The first-order valence-corrected chi connectivity index (χ1v) is 11.0. The van der Waals surface area contributed by atoms with E-state index in [-0.39, 0.29) is 40.6 Å². The van der Waals surface area contributed by atoms with Gasteiger partial charge in [0.25, 0.3) is 0 Å². The molecule has 0 spiro atoms. The van der Waals surface area contributed by atoms with Gasteiger partial charge in [-0.25, -0.2) is 0 Å². The van der Waals surface area contributed by atoms with Crippen LogP contribution in [0.4, 0.5) is 0 Å². The van der Waals surface area contributed by atoms with Crippen LogP contribution in [0.1, 0.15) is 31.9 Å². The second-order valence-corrected chi connectivity index (χ2v) is 8.49. The number of phenolic OH excluding ortho intramolecular Hbond substituents is 3. The van der Waals surface area contributed by atoms with Crippen LogP contribution < -0.4 is 14.9 Å². The zero-order chi connectivity index (χ0) is 25.9. The Kier molecular flexibility index (Phi) is 7.76. The summed E-state index contributed by atoms with van der Waals surface area (Å²) in [6.07, 6.45) is 4.55. The first kappa shape index (κ1) is 25.7. The van der Waals surface area contributed by atoms with E-state index >= 15 is 0 Å². The molecule has 0 aliphatic carbocycles. The number of rotatable bonds is 8. The van der Waals surface area contributed by atoms with E-state index in [1.807, 2.05) is 19.9 Å². The number of fused-ring (bicyclic) bond motifs is 1. The molecule has 0 unspecified atom stereocenters. The summed E-state index contributed by atoms with van der Waals surface area (Å²) in [4.78, 5) is 13.3. The normalized spacial score (nSPS) is 11.5. The SMILES string of the molecule is COc1c(O)cc2oc(-c3cc(CC=C(C)C)c(O)c(CC=C(C)CO)c3)c(OC)c(=O)c2c1O. The van der Waals surface area contributed by atoms with Crippen molar-refractivity contribution in [1.29, 1.82) is 0 Å². The zero-order valence-corrected chi connectivity index (χ0v) is 20.4. The van der Waals surface area contributed by atoms with Gasteiger partial charge in [-0.1, -0.05) is 23.3 Å².